The molecule has 0 aliphatic rings. The van der Waals surface area contributed by atoms with Crippen LogP contribution < -0.4 is 10.7 Å². The fraction of sp³-hybridized carbons (Fsp3) is 0.200. The van der Waals surface area contributed by atoms with Crippen molar-refractivity contribution in [1.29, 1.82) is 0 Å². The van der Waals surface area contributed by atoms with Crippen molar-refractivity contribution in [1.82, 2.24) is 24.7 Å². The van der Waals surface area contributed by atoms with Crippen molar-refractivity contribution < 1.29 is 5.11 Å². The number of pyridine rings is 2. The molecular formula is C20H20N6O2. The Morgan fingerprint density at radius 2 is 2.04 bits per heavy atom. The van der Waals surface area contributed by atoms with Crippen LogP contribution in [0.1, 0.15) is 25.6 Å². The molecule has 0 atom stereocenters. The van der Waals surface area contributed by atoms with Gasteiger partial charge in [0.25, 0.3) is 0 Å². The van der Waals surface area contributed by atoms with Gasteiger partial charge in [0.15, 0.2) is 11.3 Å². The Morgan fingerprint density at radius 1 is 1.21 bits per heavy atom. The minimum atomic E-state index is -0.219. The summed E-state index contributed by atoms with van der Waals surface area (Å²) in [6.45, 7) is 3.89. The molecule has 0 aliphatic carbocycles. The lowest BCUT2D eigenvalue weighted by molar-refractivity contribution is 0.277. The van der Waals surface area contributed by atoms with Crippen LogP contribution in [0.4, 0.5) is 11.5 Å². The highest BCUT2D eigenvalue weighted by atomic mass is 16.3. The van der Waals surface area contributed by atoms with Crippen molar-refractivity contribution in [3.63, 3.8) is 0 Å². The van der Waals surface area contributed by atoms with Gasteiger partial charge in [-0.1, -0.05) is 12.1 Å². The normalized spacial score (nSPS) is 11.3. The second-order valence-corrected chi connectivity index (χ2v) is 6.73. The molecule has 0 saturated heterocycles. The molecule has 8 nitrogen and oxygen atoms in total. The van der Waals surface area contributed by atoms with Crippen LogP contribution in [0, 0.1) is 0 Å². The van der Waals surface area contributed by atoms with Crippen LogP contribution in [-0.2, 0) is 6.61 Å². The van der Waals surface area contributed by atoms with E-state index in [0.29, 0.717) is 39.6 Å². The van der Waals surface area contributed by atoms with Crippen LogP contribution in [0.2, 0.25) is 0 Å². The zero-order valence-corrected chi connectivity index (χ0v) is 15.5. The van der Waals surface area contributed by atoms with Gasteiger partial charge in [-0.15, -0.1) is 10.2 Å². The number of hydrogen-bond donors (Lipinski definition) is 3. The van der Waals surface area contributed by atoms with Crippen molar-refractivity contribution in [3.8, 4) is 11.5 Å². The lowest BCUT2D eigenvalue weighted by Gasteiger charge is -2.12. The van der Waals surface area contributed by atoms with Gasteiger partial charge in [-0.3, -0.25) is 4.79 Å². The number of aliphatic hydroxyl groups excluding tert-OH is 1. The number of nitrogens with one attached hydrogen (secondary N) is 2. The first-order valence-electron chi connectivity index (χ1n) is 8.96. The standard InChI is InChI=1S/C20H20N6O2/c1-12(2)26-11-21-25-20(26)16-7-4-8-18(24-16)23-15-6-3-5-14-19(15)17(28)9-13(10-27)22-14/h3-9,11-12,27H,10H2,1-2H3,(H,22,28)(H,23,24). The lowest BCUT2D eigenvalue weighted by Crippen LogP contribution is -2.08. The van der Waals surface area contributed by atoms with Crippen LogP contribution in [0.25, 0.3) is 22.4 Å². The molecule has 0 fully saturated rings. The van der Waals surface area contributed by atoms with Gasteiger partial charge in [-0.25, -0.2) is 4.98 Å². The highest BCUT2D eigenvalue weighted by Gasteiger charge is 2.13. The molecule has 0 radical (unpaired) electrons. The van der Waals surface area contributed by atoms with E-state index in [4.69, 9.17) is 0 Å². The van der Waals surface area contributed by atoms with Crippen molar-refractivity contribution in [3.05, 3.63) is 64.7 Å². The van der Waals surface area contributed by atoms with Gasteiger partial charge >= 0.3 is 0 Å². The van der Waals surface area contributed by atoms with Crippen LogP contribution in [0.5, 0.6) is 0 Å². The second kappa shape index (κ2) is 7.24. The number of benzene rings is 1. The van der Waals surface area contributed by atoms with Gasteiger partial charge in [0.05, 0.1) is 23.2 Å². The quantitative estimate of drug-likeness (QED) is 0.494. The molecule has 0 spiro atoms. The van der Waals surface area contributed by atoms with Gasteiger partial charge in [-0.05, 0) is 38.1 Å². The number of rotatable bonds is 5. The maximum absolute atomic E-state index is 12.5. The van der Waals surface area contributed by atoms with Crippen LogP contribution >= 0.6 is 0 Å². The Morgan fingerprint density at radius 3 is 2.82 bits per heavy atom. The molecule has 1 aromatic carbocycles. The van der Waals surface area contributed by atoms with E-state index in [-0.39, 0.29) is 18.1 Å². The molecule has 0 aliphatic heterocycles. The van der Waals surface area contributed by atoms with E-state index < -0.39 is 0 Å². The average molecular weight is 376 g/mol. The SMILES string of the molecule is CC(C)n1cnnc1-c1cccc(Nc2cccc3[nH]c(CO)cc(=O)c23)n1. The Labute approximate surface area is 160 Å². The van der Waals surface area contributed by atoms with Gasteiger partial charge in [-0.2, -0.15) is 0 Å². The number of aliphatic hydroxyl groups is 1. The molecular weight excluding hydrogens is 356 g/mol. The summed E-state index contributed by atoms with van der Waals surface area (Å²) in [6, 6.07) is 12.6. The summed E-state index contributed by atoms with van der Waals surface area (Å²) in [5.41, 5.74) is 2.28. The minimum absolute atomic E-state index is 0.170. The molecule has 8 heteroatoms. The molecule has 3 heterocycles. The molecule has 0 amide bonds. The number of fused-ring (bicyclic) bond motifs is 1. The fourth-order valence-electron chi connectivity index (χ4n) is 3.12. The number of aromatic amines is 1. The first kappa shape index (κ1) is 17.9. The molecule has 142 valence electrons. The first-order chi connectivity index (χ1) is 13.6. The molecule has 0 unspecified atom stereocenters. The van der Waals surface area contributed by atoms with Gasteiger partial charge in [0.2, 0.25) is 0 Å². The van der Waals surface area contributed by atoms with Crippen LogP contribution in [-0.4, -0.2) is 29.8 Å². The summed E-state index contributed by atoms with van der Waals surface area (Å²) in [5, 5.41) is 21.2. The molecule has 3 aromatic heterocycles. The second-order valence-electron chi connectivity index (χ2n) is 6.73. The van der Waals surface area contributed by atoms with Gasteiger partial charge in [0, 0.05) is 17.8 Å². The van der Waals surface area contributed by atoms with Gasteiger partial charge in [0.1, 0.15) is 17.8 Å². The predicted octanol–water partition coefficient (Wildman–Crippen LogP) is 3.00. The van der Waals surface area contributed by atoms with E-state index in [1.54, 1.807) is 12.4 Å². The summed E-state index contributed by atoms with van der Waals surface area (Å²) in [6.07, 6.45) is 1.69. The number of aromatic nitrogens is 5. The van der Waals surface area contributed by atoms with Crippen molar-refractivity contribution in [2.45, 2.75) is 26.5 Å². The monoisotopic (exact) mass is 376 g/mol. The first-order valence-corrected chi connectivity index (χ1v) is 8.96. The van der Waals surface area contributed by atoms with Crippen molar-refractivity contribution in [2.75, 3.05) is 5.32 Å². The predicted molar refractivity (Wildman–Crippen MR) is 107 cm³/mol. The van der Waals surface area contributed by atoms with E-state index in [9.17, 15) is 9.90 Å². The summed E-state index contributed by atoms with van der Waals surface area (Å²) < 4.78 is 1.95. The molecule has 0 bridgehead atoms. The Bertz CT molecular complexity index is 1190. The van der Waals surface area contributed by atoms with Gasteiger partial charge < -0.3 is 20.0 Å². The number of anilines is 2. The number of hydrogen-bond acceptors (Lipinski definition) is 6. The van der Waals surface area contributed by atoms with E-state index in [0.717, 1.165) is 0 Å². The number of H-pyrrole nitrogens is 1. The maximum atomic E-state index is 12.5. The fourth-order valence-corrected chi connectivity index (χ4v) is 3.12. The zero-order chi connectivity index (χ0) is 19.7. The summed E-state index contributed by atoms with van der Waals surface area (Å²) in [7, 11) is 0. The van der Waals surface area contributed by atoms with E-state index in [2.05, 4.69) is 39.3 Å². The summed E-state index contributed by atoms with van der Waals surface area (Å²) in [5.74, 6) is 1.27. The lowest BCUT2D eigenvalue weighted by atomic mass is 10.1. The Hall–Kier alpha value is -3.52. The smallest absolute Gasteiger partial charge is 0.191 e. The highest BCUT2D eigenvalue weighted by molar-refractivity contribution is 5.92. The highest BCUT2D eigenvalue weighted by Crippen LogP contribution is 2.25. The van der Waals surface area contributed by atoms with Crippen LogP contribution in [0.15, 0.2) is 53.6 Å². The summed E-state index contributed by atoms with van der Waals surface area (Å²) >= 11 is 0. The third-order valence-electron chi connectivity index (χ3n) is 4.45. The average Bonchev–Trinajstić information content (AvgIpc) is 3.18. The summed E-state index contributed by atoms with van der Waals surface area (Å²) in [4.78, 5) is 20.2. The van der Waals surface area contributed by atoms with Crippen molar-refractivity contribution >= 4 is 22.4 Å². The Kier molecular flexibility index (Phi) is 4.62. The van der Waals surface area contributed by atoms with E-state index in [1.807, 2.05) is 34.9 Å². The molecule has 4 aromatic rings. The van der Waals surface area contributed by atoms with E-state index >= 15 is 0 Å². The topological polar surface area (TPSA) is 109 Å². The zero-order valence-electron chi connectivity index (χ0n) is 15.5. The molecule has 0 saturated carbocycles. The third kappa shape index (κ3) is 3.25. The van der Waals surface area contributed by atoms with Crippen LogP contribution in [0.3, 0.4) is 0 Å². The minimum Gasteiger partial charge on any atom is -0.390 e. The third-order valence-corrected chi connectivity index (χ3v) is 4.45. The molecule has 4 rings (SSSR count). The van der Waals surface area contributed by atoms with E-state index in [1.165, 1.54) is 6.07 Å². The van der Waals surface area contributed by atoms with Crippen molar-refractivity contribution in [2.24, 2.45) is 0 Å². The Balaban J connectivity index is 1.75. The molecule has 3 N–H and O–H groups in total. The maximum Gasteiger partial charge on any atom is 0.191 e. The molecule has 28 heavy (non-hydrogen) atoms. The largest absolute Gasteiger partial charge is 0.390 e. The number of nitrogens with zero attached hydrogens (tertiary/aromatic N) is 4.